The minimum atomic E-state index is -3.22. The topological polar surface area (TPSA) is 46.2 Å². The molecule has 1 N–H and O–H groups in total. The summed E-state index contributed by atoms with van der Waals surface area (Å²) in [6, 6.07) is 9.30. The highest BCUT2D eigenvalue weighted by molar-refractivity contribution is 9.09. The van der Waals surface area contributed by atoms with Crippen molar-refractivity contribution in [2.24, 2.45) is 5.92 Å². The summed E-state index contributed by atoms with van der Waals surface area (Å²) < 4.78 is 26.8. The minimum Gasteiger partial charge on any atom is -0.215 e. The fourth-order valence-corrected chi connectivity index (χ4v) is 4.58. The molecule has 0 amide bonds. The summed E-state index contributed by atoms with van der Waals surface area (Å²) in [4.78, 5) is 0.546. The summed E-state index contributed by atoms with van der Waals surface area (Å²) in [5.41, 5.74) is 0.831. The van der Waals surface area contributed by atoms with Gasteiger partial charge >= 0.3 is 0 Å². The summed E-state index contributed by atoms with van der Waals surface area (Å²) in [7, 11) is -3.22. The zero-order valence-electron chi connectivity index (χ0n) is 10.9. The molecule has 2 rings (SSSR count). The van der Waals surface area contributed by atoms with Crippen molar-refractivity contribution in [3.05, 3.63) is 35.9 Å². The largest absolute Gasteiger partial charge is 0.215 e. The number of halogens is 1. The van der Waals surface area contributed by atoms with Crippen LogP contribution in [0.3, 0.4) is 0 Å². The lowest BCUT2D eigenvalue weighted by molar-refractivity contribution is 0.368. The Kier molecular flexibility index (Phi) is 5.42. The highest BCUT2D eigenvalue weighted by atomic mass is 79.9. The Bertz CT molecular complexity index is 489. The van der Waals surface area contributed by atoms with Crippen LogP contribution >= 0.6 is 15.9 Å². The molecule has 1 aromatic rings. The third kappa shape index (κ3) is 5.24. The van der Waals surface area contributed by atoms with Gasteiger partial charge in [-0.15, -0.1) is 0 Å². The molecule has 0 aromatic heterocycles. The van der Waals surface area contributed by atoms with E-state index in [0.29, 0.717) is 17.3 Å². The van der Waals surface area contributed by atoms with Gasteiger partial charge in [0.2, 0.25) is 10.0 Å². The standard InChI is InChI=1S/C14H20BrNO2S/c15-14-8-4-7-13(9-14)10-16-19(17,18)11-12-5-2-1-3-6-12/h1-3,5-6,13-14,16H,4,7-11H2. The first-order valence-electron chi connectivity index (χ1n) is 6.70. The van der Waals surface area contributed by atoms with Gasteiger partial charge in [-0.1, -0.05) is 52.7 Å². The van der Waals surface area contributed by atoms with Crippen molar-refractivity contribution in [3.8, 4) is 0 Å². The minimum absolute atomic E-state index is 0.0678. The van der Waals surface area contributed by atoms with E-state index >= 15 is 0 Å². The van der Waals surface area contributed by atoms with Gasteiger partial charge < -0.3 is 0 Å². The maximum Gasteiger partial charge on any atom is 0.215 e. The summed E-state index contributed by atoms with van der Waals surface area (Å²) in [6.07, 6.45) is 4.57. The van der Waals surface area contributed by atoms with Gasteiger partial charge in [0, 0.05) is 11.4 Å². The molecule has 1 fully saturated rings. The zero-order chi connectivity index (χ0) is 13.7. The Morgan fingerprint density at radius 2 is 1.95 bits per heavy atom. The molecule has 106 valence electrons. The SMILES string of the molecule is O=S(=O)(Cc1ccccc1)NCC1CCCC(Br)C1. The smallest absolute Gasteiger partial charge is 0.215 e. The number of rotatable bonds is 5. The van der Waals surface area contributed by atoms with E-state index in [9.17, 15) is 8.42 Å². The Morgan fingerprint density at radius 1 is 1.21 bits per heavy atom. The quantitative estimate of drug-likeness (QED) is 0.833. The second kappa shape index (κ2) is 6.86. The lowest BCUT2D eigenvalue weighted by atomic mass is 9.89. The van der Waals surface area contributed by atoms with E-state index in [1.165, 1.54) is 12.8 Å². The Hall–Kier alpha value is -0.390. The molecular formula is C14H20BrNO2S. The maximum atomic E-state index is 12.0. The summed E-state index contributed by atoms with van der Waals surface area (Å²) in [6.45, 7) is 0.567. The second-order valence-electron chi connectivity index (χ2n) is 5.22. The molecular weight excluding hydrogens is 326 g/mol. The molecule has 1 aliphatic rings. The lowest BCUT2D eigenvalue weighted by Gasteiger charge is -2.25. The van der Waals surface area contributed by atoms with Crippen molar-refractivity contribution in [2.75, 3.05) is 6.54 Å². The van der Waals surface area contributed by atoms with E-state index < -0.39 is 10.0 Å². The number of alkyl halides is 1. The molecule has 0 saturated heterocycles. The van der Waals surface area contributed by atoms with Crippen molar-refractivity contribution in [2.45, 2.75) is 36.3 Å². The number of nitrogens with one attached hydrogen (secondary N) is 1. The van der Waals surface area contributed by atoms with Crippen LogP contribution < -0.4 is 4.72 Å². The fourth-order valence-electron chi connectivity index (χ4n) is 2.50. The van der Waals surface area contributed by atoms with Crippen LogP contribution in [-0.2, 0) is 15.8 Å². The molecule has 0 bridgehead atoms. The Balaban J connectivity index is 1.84. The Morgan fingerprint density at radius 3 is 2.63 bits per heavy atom. The van der Waals surface area contributed by atoms with Crippen LogP contribution in [0.1, 0.15) is 31.2 Å². The summed E-state index contributed by atoms with van der Waals surface area (Å²) in [5.74, 6) is 0.529. The van der Waals surface area contributed by atoms with Gasteiger partial charge in [-0.2, -0.15) is 0 Å². The van der Waals surface area contributed by atoms with E-state index in [4.69, 9.17) is 0 Å². The van der Waals surface area contributed by atoms with E-state index in [-0.39, 0.29) is 5.75 Å². The molecule has 1 aromatic carbocycles. The van der Waals surface area contributed by atoms with Crippen molar-refractivity contribution >= 4 is 26.0 Å². The molecule has 0 spiro atoms. The predicted molar refractivity (Wildman–Crippen MR) is 81.7 cm³/mol. The zero-order valence-corrected chi connectivity index (χ0v) is 13.3. The molecule has 1 saturated carbocycles. The predicted octanol–water partition coefficient (Wildman–Crippen LogP) is 3.06. The molecule has 2 atom stereocenters. The van der Waals surface area contributed by atoms with Crippen molar-refractivity contribution < 1.29 is 8.42 Å². The molecule has 0 heterocycles. The van der Waals surface area contributed by atoms with E-state index in [2.05, 4.69) is 20.7 Å². The first-order chi connectivity index (χ1) is 9.05. The highest BCUT2D eigenvalue weighted by Gasteiger charge is 2.21. The van der Waals surface area contributed by atoms with Crippen LogP contribution in [0.2, 0.25) is 0 Å². The van der Waals surface area contributed by atoms with Gasteiger partial charge in [-0.3, -0.25) is 0 Å². The van der Waals surface area contributed by atoms with Crippen LogP contribution in [0.15, 0.2) is 30.3 Å². The average Bonchev–Trinajstić information content (AvgIpc) is 2.37. The average molecular weight is 346 g/mol. The molecule has 2 unspecified atom stereocenters. The molecule has 3 nitrogen and oxygen atoms in total. The Labute approximate surface area is 124 Å². The van der Waals surface area contributed by atoms with Crippen LogP contribution in [0.5, 0.6) is 0 Å². The molecule has 0 aliphatic heterocycles. The molecule has 1 aliphatic carbocycles. The fraction of sp³-hybridized carbons (Fsp3) is 0.571. The van der Waals surface area contributed by atoms with E-state index in [0.717, 1.165) is 18.4 Å². The maximum absolute atomic E-state index is 12.0. The van der Waals surface area contributed by atoms with E-state index in [1.54, 1.807) is 0 Å². The van der Waals surface area contributed by atoms with E-state index in [1.807, 2.05) is 30.3 Å². The number of hydrogen-bond acceptors (Lipinski definition) is 2. The normalized spacial score (nSPS) is 24.3. The summed E-state index contributed by atoms with van der Waals surface area (Å²) in [5, 5.41) is 0. The van der Waals surface area contributed by atoms with Gasteiger partial charge in [0.05, 0.1) is 5.75 Å². The van der Waals surface area contributed by atoms with Crippen LogP contribution in [-0.4, -0.2) is 19.8 Å². The number of hydrogen-bond donors (Lipinski definition) is 1. The van der Waals surface area contributed by atoms with Crippen LogP contribution in [0.4, 0.5) is 0 Å². The first-order valence-corrected chi connectivity index (χ1v) is 9.27. The monoisotopic (exact) mass is 345 g/mol. The molecule has 0 radical (unpaired) electrons. The number of benzene rings is 1. The van der Waals surface area contributed by atoms with Crippen LogP contribution in [0, 0.1) is 5.92 Å². The highest BCUT2D eigenvalue weighted by Crippen LogP contribution is 2.28. The van der Waals surface area contributed by atoms with Crippen molar-refractivity contribution in [1.29, 1.82) is 0 Å². The number of sulfonamides is 1. The molecule has 19 heavy (non-hydrogen) atoms. The first kappa shape index (κ1) is 15.0. The van der Waals surface area contributed by atoms with Gasteiger partial charge in [0.15, 0.2) is 0 Å². The van der Waals surface area contributed by atoms with Gasteiger partial charge in [0.1, 0.15) is 0 Å². The summed E-state index contributed by atoms with van der Waals surface area (Å²) >= 11 is 3.63. The second-order valence-corrected chi connectivity index (χ2v) is 8.32. The van der Waals surface area contributed by atoms with Crippen LogP contribution in [0.25, 0.3) is 0 Å². The third-order valence-electron chi connectivity index (χ3n) is 3.51. The van der Waals surface area contributed by atoms with Gasteiger partial charge in [-0.25, -0.2) is 13.1 Å². The van der Waals surface area contributed by atoms with Gasteiger partial charge in [0.25, 0.3) is 0 Å². The van der Waals surface area contributed by atoms with Crippen molar-refractivity contribution in [3.63, 3.8) is 0 Å². The molecule has 5 heteroatoms. The lowest BCUT2D eigenvalue weighted by Crippen LogP contribution is -2.32. The van der Waals surface area contributed by atoms with Gasteiger partial charge in [-0.05, 0) is 30.7 Å². The third-order valence-corrected chi connectivity index (χ3v) is 5.66. The van der Waals surface area contributed by atoms with Crippen molar-refractivity contribution in [1.82, 2.24) is 4.72 Å².